The lowest BCUT2D eigenvalue weighted by Crippen LogP contribution is -2.43. The van der Waals surface area contributed by atoms with E-state index in [9.17, 15) is 44.7 Å². The second kappa shape index (κ2) is 9.96. The van der Waals surface area contributed by atoms with E-state index in [0.29, 0.717) is 11.8 Å². The zero-order chi connectivity index (χ0) is 28.9. The maximum atomic E-state index is 14.6. The first-order chi connectivity index (χ1) is 18.1. The Hall–Kier alpha value is -3.98. The molecule has 1 saturated heterocycles. The van der Waals surface area contributed by atoms with Crippen molar-refractivity contribution in [1.29, 1.82) is 0 Å². The van der Waals surface area contributed by atoms with Crippen molar-refractivity contribution in [3.05, 3.63) is 47.3 Å². The summed E-state index contributed by atoms with van der Waals surface area (Å²) in [5.74, 6) is -5.25. The molecule has 1 aromatic carbocycles. The van der Waals surface area contributed by atoms with Crippen molar-refractivity contribution in [2.45, 2.75) is 38.2 Å². The molecule has 1 fully saturated rings. The molecule has 2 amide bonds. The van der Waals surface area contributed by atoms with Gasteiger partial charge in [-0.05, 0) is 24.6 Å². The lowest BCUT2D eigenvalue weighted by Gasteiger charge is -2.22. The van der Waals surface area contributed by atoms with E-state index in [1.807, 2.05) is 0 Å². The molecule has 0 aliphatic carbocycles. The highest BCUT2D eigenvalue weighted by Gasteiger charge is 2.46. The number of nitrogens with two attached hydrogens (primary N) is 1. The van der Waals surface area contributed by atoms with Gasteiger partial charge in [-0.25, -0.2) is 18.3 Å². The number of carbonyl (C=O) groups excluding carboxylic acids is 2. The number of benzene rings is 1. The summed E-state index contributed by atoms with van der Waals surface area (Å²) in [7, 11) is 0. The number of nitrogens with zero attached hydrogens (tertiary/aromatic N) is 4. The van der Waals surface area contributed by atoms with Gasteiger partial charge in [0.1, 0.15) is 30.6 Å². The van der Waals surface area contributed by atoms with Gasteiger partial charge in [0.05, 0.1) is 23.8 Å². The first-order valence-electron chi connectivity index (χ1n) is 11.3. The number of alkyl halides is 8. The van der Waals surface area contributed by atoms with Crippen LogP contribution in [0.25, 0.3) is 16.8 Å². The molecule has 1 unspecified atom stereocenters. The van der Waals surface area contributed by atoms with Crippen molar-refractivity contribution in [1.82, 2.24) is 24.8 Å². The topological polar surface area (TPSA) is 106 Å². The van der Waals surface area contributed by atoms with Gasteiger partial charge in [0.2, 0.25) is 5.91 Å². The van der Waals surface area contributed by atoms with E-state index in [-0.39, 0.29) is 22.4 Å². The molecule has 3 heterocycles. The molecule has 1 aliphatic heterocycles. The van der Waals surface area contributed by atoms with Crippen molar-refractivity contribution >= 4 is 23.1 Å². The summed E-state index contributed by atoms with van der Waals surface area (Å²) >= 11 is 0. The number of hydrogen-bond acceptors (Lipinski definition) is 5. The van der Waals surface area contributed by atoms with Gasteiger partial charge in [-0.15, -0.1) is 0 Å². The normalized spacial score (nSPS) is 18.9. The third-order valence-electron chi connectivity index (χ3n) is 6.42. The van der Waals surface area contributed by atoms with Gasteiger partial charge < -0.3 is 16.0 Å². The molecule has 0 radical (unpaired) electrons. The van der Waals surface area contributed by atoms with Gasteiger partial charge in [-0.3, -0.25) is 9.59 Å². The maximum absolute atomic E-state index is 14.6. The third-order valence-corrected chi connectivity index (χ3v) is 6.42. The zero-order valence-electron chi connectivity index (χ0n) is 19.9. The first kappa shape index (κ1) is 28.0. The van der Waals surface area contributed by atoms with Crippen LogP contribution in [0.15, 0.2) is 30.6 Å². The fourth-order valence-corrected chi connectivity index (χ4v) is 4.29. The van der Waals surface area contributed by atoms with Crippen LogP contribution < -0.4 is 11.1 Å². The van der Waals surface area contributed by atoms with E-state index in [0.717, 1.165) is 29.0 Å². The van der Waals surface area contributed by atoms with Gasteiger partial charge in [0, 0.05) is 17.7 Å². The molecule has 2 aromatic heterocycles. The number of carbonyl (C=O) groups is 2. The van der Waals surface area contributed by atoms with Crippen molar-refractivity contribution < 1.29 is 44.7 Å². The van der Waals surface area contributed by atoms with E-state index in [4.69, 9.17) is 5.73 Å². The fourth-order valence-electron chi connectivity index (χ4n) is 4.29. The van der Waals surface area contributed by atoms with Crippen LogP contribution in [0.3, 0.4) is 0 Å². The number of anilines is 1. The van der Waals surface area contributed by atoms with E-state index in [2.05, 4.69) is 15.4 Å². The summed E-state index contributed by atoms with van der Waals surface area (Å²) in [6.07, 6.45) is -10.7. The van der Waals surface area contributed by atoms with Crippen molar-refractivity contribution in [3.63, 3.8) is 0 Å². The molecule has 0 saturated carbocycles. The average Bonchev–Trinajstić information content (AvgIpc) is 3.44. The number of hydrogen-bond donors (Lipinski definition) is 2. The van der Waals surface area contributed by atoms with Crippen LogP contribution in [0.2, 0.25) is 0 Å². The minimum Gasteiger partial charge on any atom is -0.382 e. The van der Waals surface area contributed by atoms with Gasteiger partial charge >= 0.3 is 12.4 Å². The number of nitrogen functional groups attached to an aromatic ring is 1. The van der Waals surface area contributed by atoms with Gasteiger partial charge in [-0.2, -0.15) is 31.4 Å². The first-order valence-corrected chi connectivity index (χ1v) is 11.3. The molecule has 4 rings (SSSR count). The van der Waals surface area contributed by atoms with E-state index >= 15 is 0 Å². The van der Waals surface area contributed by atoms with Gasteiger partial charge in [0.25, 0.3) is 5.91 Å². The van der Waals surface area contributed by atoms with Crippen LogP contribution >= 0.6 is 0 Å². The summed E-state index contributed by atoms with van der Waals surface area (Å²) in [6, 6.07) is 2.78. The third kappa shape index (κ3) is 5.31. The summed E-state index contributed by atoms with van der Waals surface area (Å²) < 4.78 is 109. The maximum Gasteiger partial charge on any atom is 0.418 e. The Morgan fingerprint density at radius 1 is 1.15 bits per heavy atom. The molecular weight excluding hydrogens is 544 g/mol. The Kier molecular flexibility index (Phi) is 7.16. The predicted octanol–water partition coefficient (Wildman–Crippen LogP) is 3.94. The number of halogens is 8. The Bertz CT molecular complexity index is 1420. The van der Waals surface area contributed by atoms with Gasteiger partial charge in [0.15, 0.2) is 5.82 Å². The SMILES string of the molecule is CC(C(=O)N1C[C@H](F)[C@H](NC(=O)c2cc(-c3cc(C(F)(F)F)c4c(N)ncnn34)ccc2CF)C1)C(F)(F)F. The second-order valence-electron chi connectivity index (χ2n) is 8.95. The summed E-state index contributed by atoms with van der Waals surface area (Å²) in [5.41, 5.74) is 3.24. The zero-order valence-corrected chi connectivity index (χ0v) is 19.9. The monoisotopic (exact) mass is 564 g/mol. The molecule has 8 nitrogen and oxygen atoms in total. The Labute approximate surface area is 214 Å². The number of rotatable bonds is 5. The Morgan fingerprint density at radius 3 is 2.46 bits per heavy atom. The van der Waals surface area contributed by atoms with Gasteiger partial charge in [-0.1, -0.05) is 12.1 Å². The molecule has 16 heteroatoms. The van der Waals surface area contributed by atoms with Crippen LogP contribution in [0.5, 0.6) is 0 Å². The number of fused-ring (bicyclic) bond motifs is 1. The smallest absolute Gasteiger partial charge is 0.382 e. The van der Waals surface area contributed by atoms with Crippen LogP contribution in [0.1, 0.15) is 28.4 Å². The summed E-state index contributed by atoms with van der Waals surface area (Å²) in [5, 5.41) is 6.05. The summed E-state index contributed by atoms with van der Waals surface area (Å²) in [4.78, 5) is 29.3. The lowest BCUT2D eigenvalue weighted by molar-refractivity contribution is -0.185. The molecule has 3 atom stereocenters. The predicted molar refractivity (Wildman–Crippen MR) is 121 cm³/mol. The minimum absolute atomic E-state index is 0.0000216. The largest absolute Gasteiger partial charge is 0.418 e. The van der Waals surface area contributed by atoms with Crippen molar-refractivity contribution in [2.75, 3.05) is 18.8 Å². The van der Waals surface area contributed by atoms with Crippen LogP contribution in [0.4, 0.5) is 40.9 Å². The number of nitrogens with one attached hydrogen (secondary N) is 1. The van der Waals surface area contributed by atoms with Crippen LogP contribution in [-0.2, 0) is 17.6 Å². The molecule has 1 aliphatic rings. The molecule has 3 N–H and O–H groups in total. The summed E-state index contributed by atoms with van der Waals surface area (Å²) in [6.45, 7) is -1.80. The molecule has 39 heavy (non-hydrogen) atoms. The van der Waals surface area contributed by atoms with Crippen molar-refractivity contribution in [2.24, 2.45) is 5.92 Å². The molecule has 210 valence electrons. The highest BCUT2D eigenvalue weighted by Crippen LogP contribution is 2.39. The standard InChI is InChI=1S/C23H20F8N6O2/c1-10(22(26,27)28)21(39)36-7-15(25)16(8-36)35-20(38)13-4-11(2-3-12(13)6-24)17-5-14(23(29,30)31)18-19(32)33-9-34-37(17)18/h2-5,9-10,15-16H,6-8H2,1H3,(H,35,38)(H2,32,33,34)/t10?,15-,16+/m0/s1. The Morgan fingerprint density at radius 2 is 1.85 bits per heavy atom. The van der Waals surface area contributed by atoms with Crippen molar-refractivity contribution in [3.8, 4) is 11.3 Å². The lowest BCUT2D eigenvalue weighted by atomic mass is 10.0. The molecule has 0 spiro atoms. The van der Waals surface area contributed by atoms with Crippen LogP contribution in [-0.4, -0.2) is 62.8 Å². The molecule has 0 bridgehead atoms. The van der Waals surface area contributed by atoms with E-state index < -0.39 is 79.0 Å². The van der Waals surface area contributed by atoms with Crippen LogP contribution in [0, 0.1) is 5.92 Å². The average molecular weight is 564 g/mol. The fraction of sp³-hybridized carbons (Fsp3) is 0.391. The highest BCUT2D eigenvalue weighted by atomic mass is 19.4. The van der Waals surface area contributed by atoms with E-state index in [1.165, 1.54) is 6.07 Å². The Balaban J connectivity index is 1.65. The number of aromatic nitrogens is 3. The number of amides is 2. The molecular formula is C23H20F8N6O2. The quantitative estimate of drug-likeness (QED) is 0.457. The highest BCUT2D eigenvalue weighted by molar-refractivity contribution is 5.97. The van der Waals surface area contributed by atoms with E-state index in [1.54, 1.807) is 0 Å². The molecule has 3 aromatic rings. The second-order valence-corrected chi connectivity index (χ2v) is 8.95. The minimum atomic E-state index is -4.84. The number of likely N-dealkylation sites (tertiary alicyclic amines) is 1.